The van der Waals surface area contributed by atoms with Crippen molar-refractivity contribution in [2.75, 3.05) is 36.8 Å². The summed E-state index contributed by atoms with van der Waals surface area (Å²) in [7, 11) is 0. The Labute approximate surface area is 206 Å². The average molecular weight is 489 g/mol. The number of rotatable bonds is 6. The zero-order valence-corrected chi connectivity index (χ0v) is 20.4. The molecule has 5 rings (SSSR count). The van der Waals surface area contributed by atoms with Crippen molar-refractivity contribution in [2.45, 2.75) is 11.9 Å². The number of pyridine rings is 1. The molecule has 34 heavy (non-hydrogen) atoms. The lowest BCUT2D eigenvalue weighted by Gasteiger charge is -2.36. The summed E-state index contributed by atoms with van der Waals surface area (Å²) in [5, 5.41) is 10.4. The number of aromatic nitrogens is 4. The number of anilines is 1. The van der Waals surface area contributed by atoms with Crippen molar-refractivity contribution in [3.05, 3.63) is 72.7 Å². The highest BCUT2D eigenvalue weighted by Gasteiger charge is 2.21. The zero-order valence-electron chi connectivity index (χ0n) is 18.8. The molecule has 0 unspecified atom stereocenters. The van der Waals surface area contributed by atoms with Gasteiger partial charge in [-0.3, -0.25) is 9.78 Å². The lowest BCUT2D eigenvalue weighted by Crippen LogP contribution is -2.49. The molecule has 0 saturated carbocycles. The van der Waals surface area contributed by atoms with Crippen LogP contribution in [-0.4, -0.2) is 62.9 Å². The first-order valence-electron chi connectivity index (χ1n) is 11.1. The van der Waals surface area contributed by atoms with E-state index in [9.17, 15) is 4.79 Å². The maximum absolute atomic E-state index is 12.7. The third kappa shape index (κ3) is 5.10. The van der Waals surface area contributed by atoms with E-state index in [2.05, 4.69) is 37.2 Å². The average Bonchev–Trinajstić information content (AvgIpc) is 3.30. The van der Waals surface area contributed by atoms with E-state index < -0.39 is 0 Å². The van der Waals surface area contributed by atoms with Crippen LogP contribution in [0.2, 0.25) is 0 Å². The molecule has 172 valence electrons. The van der Waals surface area contributed by atoms with Gasteiger partial charge in [0.2, 0.25) is 5.91 Å². The fourth-order valence-electron chi connectivity index (χ4n) is 3.84. The molecule has 0 radical (unpaired) electrons. The van der Waals surface area contributed by atoms with E-state index in [4.69, 9.17) is 0 Å². The molecule has 7 nitrogen and oxygen atoms in total. The summed E-state index contributed by atoms with van der Waals surface area (Å²) in [5.41, 5.74) is 3.91. The fraction of sp³-hybridized carbons (Fsp3) is 0.240. The van der Waals surface area contributed by atoms with Gasteiger partial charge >= 0.3 is 0 Å². The van der Waals surface area contributed by atoms with Gasteiger partial charge in [0.25, 0.3) is 0 Å². The number of carbonyl (C=O) groups excluding carboxylic acids is 1. The zero-order chi connectivity index (χ0) is 23.3. The summed E-state index contributed by atoms with van der Waals surface area (Å²) in [5.74, 6) is 0.507. The van der Waals surface area contributed by atoms with Crippen LogP contribution >= 0.6 is 23.1 Å². The summed E-state index contributed by atoms with van der Waals surface area (Å²) in [6, 6.07) is 18.1. The molecule has 1 saturated heterocycles. The van der Waals surface area contributed by atoms with Gasteiger partial charge in [0, 0.05) is 49.8 Å². The molecular formula is C25H24N6OS2. The Balaban J connectivity index is 1.16. The predicted molar refractivity (Wildman–Crippen MR) is 137 cm³/mol. The first-order chi connectivity index (χ1) is 16.7. The van der Waals surface area contributed by atoms with Crippen LogP contribution in [0.3, 0.4) is 0 Å². The molecule has 1 fully saturated rings. The van der Waals surface area contributed by atoms with Crippen molar-refractivity contribution in [1.29, 1.82) is 0 Å². The van der Waals surface area contributed by atoms with Gasteiger partial charge in [0.05, 0.1) is 16.3 Å². The monoisotopic (exact) mass is 488 g/mol. The third-order valence-electron chi connectivity index (χ3n) is 5.68. The second-order valence-corrected chi connectivity index (χ2v) is 9.92. The molecule has 1 aliphatic heterocycles. The molecule has 0 atom stereocenters. The first-order valence-corrected chi connectivity index (χ1v) is 12.9. The molecule has 4 heterocycles. The van der Waals surface area contributed by atoms with Crippen molar-refractivity contribution in [3.8, 4) is 21.1 Å². The quantitative estimate of drug-likeness (QED) is 0.372. The molecule has 0 spiro atoms. The van der Waals surface area contributed by atoms with Crippen LogP contribution in [0.15, 0.2) is 72.0 Å². The van der Waals surface area contributed by atoms with Crippen LogP contribution in [-0.2, 0) is 4.79 Å². The van der Waals surface area contributed by atoms with Gasteiger partial charge in [0.1, 0.15) is 15.7 Å². The van der Waals surface area contributed by atoms with Crippen LogP contribution in [0.25, 0.3) is 21.1 Å². The smallest absolute Gasteiger partial charge is 0.233 e. The topological polar surface area (TPSA) is 75.1 Å². The number of hydrogen-bond acceptors (Lipinski definition) is 8. The number of piperazine rings is 1. The van der Waals surface area contributed by atoms with Gasteiger partial charge in [-0.15, -0.1) is 21.5 Å². The minimum absolute atomic E-state index is 0.142. The first kappa shape index (κ1) is 22.5. The van der Waals surface area contributed by atoms with E-state index in [1.54, 1.807) is 17.5 Å². The van der Waals surface area contributed by atoms with Gasteiger partial charge in [0.15, 0.2) is 0 Å². The summed E-state index contributed by atoms with van der Waals surface area (Å²) in [4.78, 5) is 26.8. The molecule has 9 heteroatoms. The molecule has 0 N–H and O–H groups in total. The van der Waals surface area contributed by atoms with Crippen molar-refractivity contribution >= 4 is 34.7 Å². The highest BCUT2D eigenvalue weighted by molar-refractivity contribution is 7.99. The second kappa shape index (κ2) is 10.3. The maximum atomic E-state index is 12.7. The van der Waals surface area contributed by atoms with Crippen LogP contribution in [0.4, 0.5) is 5.69 Å². The number of hydrogen-bond donors (Lipinski definition) is 0. The molecule has 1 amide bonds. The number of amides is 1. The number of nitrogens with zero attached hydrogens (tertiary/aromatic N) is 6. The predicted octanol–water partition coefficient (Wildman–Crippen LogP) is 4.41. The molecule has 0 aliphatic carbocycles. The van der Waals surface area contributed by atoms with E-state index in [0.717, 1.165) is 58.0 Å². The Morgan fingerprint density at radius 1 is 1.00 bits per heavy atom. The van der Waals surface area contributed by atoms with E-state index >= 15 is 0 Å². The van der Waals surface area contributed by atoms with Gasteiger partial charge in [-0.05, 0) is 43.3 Å². The lowest BCUT2D eigenvalue weighted by atomic mass is 10.2. The number of thioether (sulfide) groups is 1. The van der Waals surface area contributed by atoms with Crippen molar-refractivity contribution in [2.24, 2.45) is 0 Å². The Bertz CT molecular complexity index is 1240. The number of benzene rings is 1. The van der Waals surface area contributed by atoms with Crippen molar-refractivity contribution in [3.63, 3.8) is 0 Å². The number of carbonyl (C=O) groups is 1. The molecular weight excluding hydrogens is 464 g/mol. The highest BCUT2D eigenvalue weighted by atomic mass is 32.2. The SMILES string of the molecule is Cc1nc(-c2cccnc2)sc1-c1ccc(SCC(=O)N2CCN(c3ccccc3)CC2)nn1. The molecule has 3 aromatic heterocycles. The molecule has 4 aromatic rings. The van der Waals surface area contributed by atoms with E-state index in [-0.39, 0.29) is 5.91 Å². The minimum atomic E-state index is 0.142. The van der Waals surface area contributed by atoms with Gasteiger partial charge < -0.3 is 9.80 Å². The Hall–Kier alpha value is -3.30. The summed E-state index contributed by atoms with van der Waals surface area (Å²) >= 11 is 3.01. The molecule has 1 aromatic carbocycles. The van der Waals surface area contributed by atoms with E-state index in [1.165, 1.54) is 17.4 Å². The third-order valence-corrected chi connectivity index (χ3v) is 7.81. The Morgan fingerprint density at radius 2 is 1.82 bits per heavy atom. The summed E-state index contributed by atoms with van der Waals surface area (Å²) in [6.45, 7) is 5.16. The summed E-state index contributed by atoms with van der Waals surface area (Å²) < 4.78 is 0. The van der Waals surface area contributed by atoms with Gasteiger partial charge in [-0.25, -0.2) is 4.98 Å². The van der Waals surface area contributed by atoms with E-state index in [1.807, 2.05) is 60.5 Å². The number of para-hydroxylation sites is 1. The molecule has 1 aliphatic rings. The second-order valence-electron chi connectivity index (χ2n) is 7.92. The lowest BCUT2D eigenvalue weighted by molar-refractivity contribution is -0.128. The Kier molecular flexibility index (Phi) is 6.82. The van der Waals surface area contributed by atoms with Gasteiger partial charge in [-0.1, -0.05) is 30.0 Å². The maximum Gasteiger partial charge on any atom is 0.233 e. The van der Waals surface area contributed by atoms with Gasteiger partial charge in [-0.2, -0.15) is 0 Å². The van der Waals surface area contributed by atoms with Crippen LogP contribution in [0.1, 0.15) is 5.69 Å². The van der Waals surface area contributed by atoms with Crippen LogP contribution in [0, 0.1) is 6.92 Å². The van der Waals surface area contributed by atoms with Crippen LogP contribution in [0.5, 0.6) is 0 Å². The largest absolute Gasteiger partial charge is 0.368 e. The Morgan fingerprint density at radius 3 is 2.53 bits per heavy atom. The number of thiazole rings is 1. The normalized spacial score (nSPS) is 13.8. The summed E-state index contributed by atoms with van der Waals surface area (Å²) in [6.07, 6.45) is 3.56. The molecule has 0 bridgehead atoms. The van der Waals surface area contributed by atoms with Crippen molar-refractivity contribution in [1.82, 2.24) is 25.1 Å². The standard InChI is InChI=1S/C25H24N6OS2/c1-18-24(34-25(27-18)19-6-5-11-26-16-19)21-9-10-22(29-28-21)33-17-23(32)31-14-12-30(13-15-31)20-7-3-2-4-8-20/h2-11,16H,12-15,17H2,1H3. The fourth-order valence-corrected chi connectivity index (χ4v) is 5.58. The van der Waals surface area contributed by atoms with Crippen LogP contribution < -0.4 is 4.90 Å². The van der Waals surface area contributed by atoms with Crippen molar-refractivity contribution < 1.29 is 4.79 Å². The number of aryl methyl sites for hydroxylation is 1. The van der Waals surface area contributed by atoms with E-state index in [0.29, 0.717) is 5.75 Å². The minimum Gasteiger partial charge on any atom is -0.368 e. The highest BCUT2D eigenvalue weighted by Crippen LogP contribution is 2.34.